The van der Waals surface area contributed by atoms with E-state index in [2.05, 4.69) is 15.0 Å². The molecule has 1 amide bonds. The van der Waals surface area contributed by atoms with Crippen LogP contribution in [-0.4, -0.2) is 23.7 Å². The van der Waals surface area contributed by atoms with Crippen molar-refractivity contribution in [2.45, 2.75) is 19.0 Å². The molecule has 0 spiro atoms. The average Bonchev–Trinajstić information content (AvgIpc) is 3.20. The number of benzene rings is 2. The number of nitrogens with one attached hydrogen (secondary N) is 1. The van der Waals surface area contributed by atoms with E-state index in [-0.39, 0.29) is 35.7 Å². The van der Waals surface area contributed by atoms with Crippen LogP contribution < -0.4 is 10.1 Å². The van der Waals surface area contributed by atoms with E-state index in [0.29, 0.717) is 16.7 Å². The summed E-state index contributed by atoms with van der Waals surface area (Å²) in [5.74, 6) is 0.320. The van der Waals surface area contributed by atoms with Crippen LogP contribution in [0.4, 0.5) is 18.9 Å². The van der Waals surface area contributed by atoms with Gasteiger partial charge in [-0.05, 0) is 42.5 Å². The largest absolute Gasteiger partial charge is 0.483 e. The SMILES string of the molecule is N#Cc1cc(NC(=O)CCc2ncc(-c3ccc(Cl)cc3)o2)ccc1OCC(F)(F)F. The fourth-order valence-electron chi connectivity index (χ4n) is 2.60. The van der Waals surface area contributed by atoms with Crippen LogP contribution in [0.25, 0.3) is 11.3 Å². The molecule has 0 bridgehead atoms. The number of nitriles is 1. The minimum absolute atomic E-state index is 0.0504. The molecule has 0 aliphatic rings. The molecule has 160 valence electrons. The number of aromatic nitrogens is 1. The highest BCUT2D eigenvalue weighted by Crippen LogP contribution is 2.25. The van der Waals surface area contributed by atoms with Gasteiger partial charge in [-0.15, -0.1) is 0 Å². The molecule has 0 saturated heterocycles. The van der Waals surface area contributed by atoms with Crippen LogP contribution in [0.2, 0.25) is 5.02 Å². The number of carbonyl (C=O) groups excluding carboxylic acids is 1. The van der Waals surface area contributed by atoms with Gasteiger partial charge in [0.25, 0.3) is 0 Å². The van der Waals surface area contributed by atoms with E-state index in [0.717, 1.165) is 5.56 Å². The van der Waals surface area contributed by atoms with Crippen molar-refractivity contribution in [2.75, 3.05) is 11.9 Å². The highest BCUT2D eigenvalue weighted by Gasteiger charge is 2.28. The van der Waals surface area contributed by atoms with Crippen molar-refractivity contribution in [3.63, 3.8) is 0 Å². The highest BCUT2D eigenvalue weighted by molar-refractivity contribution is 6.30. The Labute approximate surface area is 180 Å². The molecule has 3 rings (SSSR count). The molecule has 31 heavy (non-hydrogen) atoms. The van der Waals surface area contributed by atoms with Crippen LogP contribution >= 0.6 is 11.6 Å². The molecule has 10 heteroatoms. The van der Waals surface area contributed by atoms with E-state index in [1.165, 1.54) is 18.2 Å². The number of hydrogen-bond acceptors (Lipinski definition) is 5. The Bertz CT molecular complexity index is 1110. The number of aryl methyl sites for hydroxylation is 1. The third-order valence-electron chi connectivity index (χ3n) is 4.02. The lowest BCUT2D eigenvalue weighted by molar-refractivity contribution is -0.153. The Morgan fingerprint density at radius 1 is 1.23 bits per heavy atom. The van der Waals surface area contributed by atoms with Crippen molar-refractivity contribution < 1.29 is 27.1 Å². The zero-order valence-electron chi connectivity index (χ0n) is 15.9. The zero-order valence-corrected chi connectivity index (χ0v) is 16.6. The first-order valence-electron chi connectivity index (χ1n) is 8.98. The van der Waals surface area contributed by atoms with Gasteiger partial charge >= 0.3 is 6.18 Å². The van der Waals surface area contributed by atoms with Gasteiger partial charge in [0.15, 0.2) is 18.3 Å². The van der Waals surface area contributed by atoms with E-state index in [1.54, 1.807) is 36.5 Å². The van der Waals surface area contributed by atoms with Crippen LogP contribution in [0, 0.1) is 11.3 Å². The molecular formula is C21H15ClF3N3O3. The number of amides is 1. The van der Waals surface area contributed by atoms with E-state index in [4.69, 9.17) is 21.3 Å². The van der Waals surface area contributed by atoms with E-state index in [1.807, 2.05) is 0 Å². The fourth-order valence-corrected chi connectivity index (χ4v) is 2.72. The molecule has 0 atom stereocenters. The van der Waals surface area contributed by atoms with Crippen LogP contribution in [0.1, 0.15) is 17.9 Å². The third-order valence-corrected chi connectivity index (χ3v) is 4.28. The lowest BCUT2D eigenvalue weighted by Gasteiger charge is -2.11. The van der Waals surface area contributed by atoms with Gasteiger partial charge < -0.3 is 14.5 Å². The Hall–Kier alpha value is -3.51. The van der Waals surface area contributed by atoms with E-state index in [9.17, 15) is 18.0 Å². The summed E-state index contributed by atoms with van der Waals surface area (Å²) in [6, 6.07) is 12.6. The van der Waals surface area contributed by atoms with Crippen molar-refractivity contribution in [3.05, 3.63) is 65.1 Å². The highest BCUT2D eigenvalue weighted by atomic mass is 35.5. The van der Waals surface area contributed by atoms with Crippen LogP contribution in [-0.2, 0) is 11.2 Å². The van der Waals surface area contributed by atoms with Gasteiger partial charge in [-0.1, -0.05) is 11.6 Å². The monoisotopic (exact) mass is 449 g/mol. The molecule has 2 aromatic carbocycles. The maximum Gasteiger partial charge on any atom is 0.422 e. The molecule has 0 aliphatic carbocycles. The number of anilines is 1. The smallest absolute Gasteiger partial charge is 0.422 e. The number of halogens is 4. The molecule has 0 fully saturated rings. The molecule has 3 aromatic rings. The standard InChI is InChI=1S/C21H15ClF3N3O3/c22-15-3-1-13(2-4-15)18-11-27-20(31-18)8-7-19(29)28-16-5-6-17(14(9-16)10-26)30-12-21(23,24)25/h1-6,9,11H,7-8,12H2,(H,28,29). The number of hydrogen-bond donors (Lipinski definition) is 1. The lowest BCUT2D eigenvalue weighted by Crippen LogP contribution is -2.19. The summed E-state index contributed by atoms with van der Waals surface area (Å²) in [6.07, 6.45) is -2.69. The summed E-state index contributed by atoms with van der Waals surface area (Å²) in [5.41, 5.74) is 0.932. The summed E-state index contributed by atoms with van der Waals surface area (Å²) in [7, 11) is 0. The summed E-state index contributed by atoms with van der Waals surface area (Å²) < 4.78 is 47.1. The first-order chi connectivity index (χ1) is 14.7. The number of alkyl halides is 3. The first-order valence-corrected chi connectivity index (χ1v) is 9.35. The number of ether oxygens (including phenoxy) is 1. The molecule has 1 heterocycles. The van der Waals surface area contributed by atoms with Crippen LogP contribution in [0.3, 0.4) is 0 Å². The molecule has 1 aromatic heterocycles. The Morgan fingerprint density at radius 2 is 1.97 bits per heavy atom. The minimum atomic E-state index is -4.52. The van der Waals surface area contributed by atoms with Crippen molar-refractivity contribution in [1.29, 1.82) is 5.26 Å². The van der Waals surface area contributed by atoms with Gasteiger partial charge in [-0.3, -0.25) is 4.79 Å². The van der Waals surface area contributed by atoms with Crippen molar-refractivity contribution in [2.24, 2.45) is 0 Å². The van der Waals surface area contributed by atoms with E-state index < -0.39 is 12.8 Å². The average molecular weight is 450 g/mol. The molecule has 0 radical (unpaired) electrons. The molecule has 0 aliphatic heterocycles. The Kier molecular flexibility index (Phi) is 6.82. The second kappa shape index (κ2) is 9.53. The van der Waals surface area contributed by atoms with Crippen LogP contribution in [0.5, 0.6) is 5.75 Å². The molecule has 0 saturated carbocycles. The van der Waals surface area contributed by atoms with Crippen molar-refractivity contribution in [1.82, 2.24) is 4.98 Å². The predicted molar refractivity (Wildman–Crippen MR) is 107 cm³/mol. The Morgan fingerprint density at radius 3 is 2.65 bits per heavy atom. The molecular weight excluding hydrogens is 435 g/mol. The molecule has 6 nitrogen and oxygen atoms in total. The fraction of sp³-hybridized carbons (Fsp3) is 0.190. The van der Waals surface area contributed by atoms with Gasteiger partial charge in [-0.25, -0.2) is 4.98 Å². The lowest BCUT2D eigenvalue weighted by atomic mass is 10.2. The van der Waals surface area contributed by atoms with Gasteiger partial charge in [0.1, 0.15) is 11.8 Å². The number of rotatable bonds is 7. The van der Waals surface area contributed by atoms with Gasteiger partial charge in [0.2, 0.25) is 5.91 Å². The van der Waals surface area contributed by atoms with Gasteiger partial charge in [-0.2, -0.15) is 18.4 Å². The topological polar surface area (TPSA) is 88.2 Å². The maximum absolute atomic E-state index is 12.3. The molecule has 0 unspecified atom stereocenters. The Balaban J connectivity index is 1.56. The number of oxazole rings is 1. The minimum Gasteiger partial charge on any atom is -0.483 e. The third kappa shape index (κ3) is 6.49. The summed E-state index contributed by atoms with van der Waals surface area (Å²) in [6.45, 7) is -1.51. The van der Waals surface area contributed by atoms with Crippen LogP contribution in [0.15, 0.2) is 53.1 Å². The number of carbonyl (C=O) groups is 1. The quantitative estimate of drug-likeness (QED) is 0.523. The maximum atomic E-state index is 12.3. The second-order valence-corrected chi connectivity index (χ2v) is 6.84. The van der Waals surface area contributed by atoms with Gasteiger partial charge in [0, 0.05) is 29.1 Å². The van der Waals surface area contributed by atoms with Crippen molar-refractivity contribution in [3.8, 4) is 23.1 Å². The second-order valence-electron chi connectivity index (χ2n) is 6.40. The zero-order chi connectivity index (χ0) is 22.4. The van der Waals surface area contributed by atoms with Crippen molar-refractivity contribution >= 4 is 23.2 Å². The van der Waals surface area contributed by atoms with Gasteiger partial charge in [0.05, 0.1) is 11.8 Å². The summed E-state index contributed by atoms with van der Waals surface area (Å²) in [5, 5.41) is 12.3. The number of nitrogens with zero attached hydrogens (tertiary/aromatic N) is 2. The summed E-state index contributed by atoms with van der Waals surface area (Å²) >= 11 is 5.86. The first kappa shape index (κ1) is 22.2. The van der Waals surface area contributed by atoms with E-state index >= 15 is 0 Å². The molecule has 1 N–H and O–H groups in total. The normalized spacial score (nSPS) is 11.1. The predicted octanol–water partition coefficient (Wildman–Crippen LogP) is 5.38. The summed E-state index contributed by atoms with van der Waals surface area (Å²) in [4.78, 5) is 16.3.